The summed E-state index contributed by atoms with van der Waals surface area (Å²) in [6.07, 6.45) is 1.47. The number of hydrogen-bond acceptors (Lipinski definition) is 8. The summed E-state index contributed by atoms with van der Waals surface area (Å²) in [5.74, 6) is -2.36. The molecule has 1 rings (SSSR count). The fourth-order valence-corrected chi connectivity index (χ4v) is 3.46. The van der Waals surface area contributed by atoms with Crippen LogP contribution in [-0.4, -0.2) is 37.2 Å². The Kier molecular flexibility index (Phi) is 6.87. The van der Waals surface area contributed by atoms with E-state index in [4.69, 9.17) is 10.00 Å². The average molecular weight is 371 g/mol. The topological polar surface area (TPSA) is 140 Å². The number of rotatable bonds is 6. The maximum atomic E-state index is 12.3. The third-order valence-electron chi connectivity index (χ3n) is 2.66. The van der Waals surface area contributed by atoms with Gasteiger partial charge in [-0.1, -0.05) is 0 Å². The smallest absolute Gasteiger partial charge is 0.330 e. The first kappa shape index (κ1) is 19.6. The summed E-state index contributed by atoms with van der Waals surface area (Å²) in [7, 11) is -4.23. The Balaban J connectivity index is 3.24. The first-order valence-electron chi connectivity index (χ1n) is 6.46. The van der Waals surface area contributed by atoms with Crippen LogP contribution in [0.2, 0.25) is 0 Å². The fraction of sp³-hybridized carbons (Fsp3) is 0.308. The van der Waals surface area contributed by atoms with Crippen molar-refractivity contribution in [2.24, 2.45) is 10.3 Å². The molecule has 9 nitrogen and oxygen atoms in total. The third-order valence-corrected chi connectivity index (χ3v) is 4.83. The number of ether oxygens (including phenoxy) is 1. The second-order valence-electron chi connectivity index (χ2n) is 4.17. The molecule has 0 amide bonds. The Bertz CT molecular complexity index is 796. The van der Waals surface area contributed by atoms with E-state index in [0.717, 1.165) is 36.0 Å². The molecule has 1 aromatic carbocycles. The molecular formula is C13H13N3O6S2. The Morgan fingerprint density at radius 2 is 2.04 bits per heavy atom. The van der Waals surface area contributed by atoms with Crippen molar-refractivity contribution in [1.82, 2.24) is 0 Å². The number of nitrogens with zero attached hydrogens (tertiary/aromatic N) is 3. The molecule has 0 aliphatic carbocycles. The predicted octanol–water partition coefficient (Wildman–Crippen LogP) is 1.75. The van der Waals surface area contributed by atoms with Gasteiger partial charge < -0.3 is 4.74 Å². The number of hydrogen-bond donors (Lipinski definition) is 0. The summed E-state index contributed by atoms with van der Waals surface area (Å²) < 4.78 is 32.7. The molecule has 1 unspecified atom stereocenters. The highest BCUT2D eigenvalue weighted by atomic mass is 32.2. The van der Waals surface area contributed by atoms with Gasteiger partial charge in [-0.2, -0.15) is 18.1 Å². The normalized spacial score (nSPS) is 13.0. The summed E-state index contributed by atoms with van der Waals surface area (Å²) in [5, 5.41) is 19.4. The van der Waals surface area contributed by atoms with Crippen molar-refractivity contribution in [3.8, 4) is 6.07 Å². The zero-order valence-corrected chi connectivity index (χ0v) is 14.3. The molecule has 0 saturated heterocycles. The summed E-state index contributed by atoms with van der Waals surface area (Å²) >= 11 is 0.826. The molecule has 0 aliphatic heterocycles. The standard InChI is InChI=1S/C13H13N3O6S2/c1-3-22-13(17)11(8-14)12(23-2)15-24(20,21)10-6-4-9(5-7-10)16(18)19/h4-7,11H,3H2,1-2H3. The Hall–Kier alpha value is -2.45. The molecule has 1 aromatic rings. The number of nitro benzene ring substituents is 1. The quantitative estimate of drug-likeness (QED) is 0.242. The predicted molar refractivity (Wildman–Crippen MR) is 87.0 cm³/mol. The minimum absolute atomic E-state index is 0.0355. The molecule has 0 radical (unpaired) electrons. The third kappa shape index (κ3) is 4.77. The van der Waals surface area contributed by atoms with Gasteiger partial charge in [0.15, 0.2) is 5.92 Å². The minimum atomic E-state index is -4.23. The number of carbonyl (C=O) groups excluding carboxylic acids is 1. The molecule has 128 valence electrons. The number of esters is 1. The van der Waals surface area contributed by atoms with Crippen LogP contribution in [-0.2, 0) is 19.6 Å². The van der Waals surface area contributed by atoms with Crippen molar-refractivity contribution in [3.63, 3.8) is 0 Å². The lowest BCUT2D eigenvalue weighted by molar-refractivity contribution is -0.384. The molecule has 0 spiro atoms. The van der Waals surface area contributed by atoms with Gasteiger partial charge in [0.25, 0.3) is 15.7 Å². The van der Waals surface area contributed by atoms with Crippen LogP contribution >= 0.6 is 11.8 Å². The monoisotopic (exact) mass is 371 g/mol. The van der Waals surface area contributed by atoms with Crippen molar-refractivity contribution in [2.75, 3.05) is 12.9 Å². The lowest BCUT2D eigenvalue weighted by Crippen LogP contribution is -2.23. The SMILES string of the molecule is CCOC(=O)C(C#N)C(=NS(=O)(=O)c1ccc([N+](=O)[O-])cc1)SC. The van der Waals surface area contributed by atoms with Gasteiger partial charge in [0.05, 0.1) is 22.5 Å². The number of sulfonamides is 1. The maximum absolute atomic E-state index is 12.3. The Morgan fingerprint density at radius 3 is 2.46 bits per heavy atom. The van der Waals surface area contributed by atoms with Crippen molar-refractivity contribution >= 4 is 38.5 Å². The van der Waals surface area contributed by atoms with Gasteiger partial charge in [-0.05, 0) is 25.3 Å². The Morgan fingerprint density at radius 1 is 1.46 bits per heavy atom. The molecular weight excluding hydrogens is 358 g/mol. The summed E-state index contributed by atoms with van der Waals surface area (Å²) in [4.78, 5) is 21.3. The first-order chi connectivity index (χ1) is 11.3. The van der Waals surface area contributed by atoms with E-state index >= 15 is 0 Å². The van der Waals surface area contributed by atoms with E-state index in [-0.39, 0.29) is 22.2 Å². The van der Waals surface area contributed by atoms with E-state index in [9.17, 15) is 23.3 Å². The summed E-state index contributed by atoms with van der Waals surface area (Å²) in [5.41, 5.74) is -0.274. The largest absolute Gasteiger partial charge is 0.465 e. The van der Waals surface area contributed by atoms with Crippen LogP contribution in [0.25, 0.3) is 0 Å². The lowest BCUT2D eigenvalue weighted by atomic mass is 10.2. The number of thioether (sulfide) groups is 1. The number of carbonyl (C=O) groups is 1. The molecule has 0 aliphatic rings. The maximum Gasteiger partial charge on any atom is 0.330 e. The number of nitriles is 1. The molecule has 0 fully saturated rings. The van der Waals surface area contributed by atoms with Gasteiger partial charge in [-0.25, -0.2) is 0 Å². The van der Waals surface area contributed by atoms with Crippen molar-refractivity contribution < 1.29 is 22.9 Å². The van der Waals surface area contributed by atoms with E-state index < -0.39 is 26.8 Å². The highest BCUT2D eigenvalue weighted by Crippen LogP contribution is 2.21. The van der Waals surface area contributed by atoms with Crippen LogP contribution in [0.5, 0.6) is 0 Å². The first-order valence-corrected chi connectivity index (χ1v) is 9.12. The van der Waals surface area contributed by atoms with E-state index in [1.165, 1.54) is 6.26 Å². The second kappa shape index (κ2) is 8.42. The van der Waals surface area contributed by atoms with Gasteiger partial charge in [-0.15, -0.1) is 11.8 Å². The molecule has 0 bridgehead atoms. The zero-order chi connectivity index (χ0) is 18.3. The van der Waals surface area contributed by atoms with Gasteiger partial charge in [-0.3, -0.25) is 14.9 Å². The molecule has 1 atom stereocenters. The summed E-state index contributed by atoms with van der Waals surface area (Å²) in [6, 6.07) is 5.76. The molecule has 0 saturated carbocycles. The molecule has 0 aromatic heterocycles. The van der Waals surface area contributed by atoms with Gasteiger partial charge in [0.2, 0.25) is 0 Å². The van der Waals surface area contributed by atoms with E-state index in [1.54, 1.807) is 13.0 Å². The van der Waals surface area contributed by atoms with Crippen LogP contribution in [0.1, 0.15) is 6.92 Å². The van der Waals surface area contributed by atoms with Crippen LogP contribution in [0.4, 0.5) is 5.69 Å². The second-order valence-corrected chi connectivity index (χ2v) is 6.60. The minimum Gasteiger partial charge on any atom is -0.465 e. The molecule has 0 N–H and O–H groups in total. The van der Waals surface area contributed by atoms with Crippen LogP contribution in [0.15, 0.2) is 33.6 Å². The Labute approximate surface area is 142 Å². The van der Waals surface area contributed by atoms with Gasteiger partial charge in [0.1, 0.15) is 5.04 Å². The van der Waals surface area contributed by atoms with Crippen molar-refractivity contribution in [2.45, 2.75) is 11.8 Å². The van der Waals surface area contributed by atoms with Crippen LogP contribution in [0.3, 0.4) is 0 Å². The number of benzene rings is 1. The molecule has 24 heavy (non-hydrogen) atoms. The fourth-order valence-electron chi connectivity index (χ4n) is 1.55. The van der Waals surface area contributed by atoms with Gasteiger partial charge >= 0.3 is 5.97 Å². The zero-order valence-electron chi connectivity index (χ0n) is 12.7. The van der Waals surface area contributed by atoms with Crippen molar-refractivity contribution in [1.29, 1.82) is 5.26 Å². The van der Waals surface area contributed by atoms with E-state index in [1.807, 2.05) is 0 Å². The number of non-ortho nitro benzene ring substituents is 1. The van der Waals surface area contributed by atoms with Crippen LogP contribution < -0.4 is 0 Å². The summed E-state index contributed by atoms with van der Waals surface area (Å²) in [6.45, 7) is 1.59. The van der Waals surface area contributed by atoms with Crippen molar-refractivity contribution in [3.05, 3.63) is 34.4 Å². The number of nitro groups is 1. The van der Waals surface area contributed by atoms with E-state index in [2.05, 4.69) is 4.40 Å². The van der Waals surface area contributed by atoms with E-state index in [0.29, 0.717) is 0 Å². The van der Waals surface area contributed by atoms with Gasteiger partial charge in [0, 0.05) is 12.1 Å². The van der Waals surface area contributed by atoms with Crippen LogP contribution in [0, 0.1) is 27.4 Å². The lowest BCUT2D eigenvalue weighted by Gasteiger charge is -2.09. The average Bonchev–Trinajstić information content (AvgIpc) is 2.54. The highest BCUT2D eigenvalue weighted by Gasteiger charge is 2.28. The highest BCUT2D eigenvalue weighted by molar-refractivity contribution is 8.14. The molecule has 0 heterocycles. The molecule has 11 heteroatoms.